The molecule has 1 N–H and O–H groups in total. The number of hydrogen-bond acceptors (Lipinski definition) is 2. The van der Waals surface area contributed by atoms with Gasteiger partial charge in [0, 0.05) is 19.6 Å². The van der Waals surface area contributed by atoms with Crippen molar-refractivity contribution in [3.8, 4) is 0 Å². The first-order valence-electron chi connectivity index (χ1n) is 6.12. The van der Waals surface area contributed by atoms with Crippen LogP contribution >= 0.6 is 23.2 Å². The fourth-order valence-electron chi connectivity index (χ4n) is 2.47. The maximum atomic E-state index is 6.06. The predicted octanol–water partition coefficient (Wildman–Crippen LogP) is 3.50. The fourth-order valence-corrected chi connectivity index (χ4v) is 3.06. The van der Waals surface area contributed by atoms with Gasteiger partial charge < -0.3 is 10.2 Å². The predicted molar refractivity (Wildman–Crippen MR) is 74.3 cm³/mol. The van der Waals surface area contributed by atoms with Crippen molar-refractivity contribution >= 4 is 34.6 Å². The minimum absolute atomic E-state index is 0.437. The molecule has 0 amide bonds. The number of rotatable bonds is 3. The molecule has 1 aromatic carbocycles. The number of fused-ring (bicyclic) bond motifs is 1. The monoisotopic (exact) mass is 270 g/mol. The van der Waals surface area contributed by atoms with E-state index in [9.17, 15) is 0 Å². The van der Waals surface area contributed by atoms with Crippen LogP contribution in [0.5, 0.6) is 0 Å². The second-order valence-electron chi connectivity index (χ2n) is 4.88. The Morgan fingerprint density at radius 2 is 2.12 bits per heavy atom. The summed E-state index contributed by atoms with van der Waals surface area (Å²) in [6, 6.07) is 8.46. The summed E-state index contributed by atoms with van der Waals surface area (Å²) in [7, 11) is 0. The van der Waals surface area contributed by atoms with Crippen LogP contribution in [0.1, 0.15) is 12.8 Å². The molecule has 2 aliphatic rings. The van der Waals surface area contributed by atoms with Gasteiger partial charge in [-0.2, -0.15) is 0 Å². The Bertz CT molecular complexity index is 420. The second kappa shape index (κ2) is 4.25. The van der Waals surface area contributed by atoms with E-state index in [1.165, 1.54) is 11.4 Å². The Morgan fingerprint density at radius 1 is 1.35 bits per heavy atom. The SMILES string of the molecule is ClC1(Cl)CC1CCN1CCNc2ccccc21. The summed E-state index contributed by atoms with van der Waals surface area (Å²) < 4.78 is -0.437. The summed E-state index contributed by atoms with van der Waals surface area (Å²) in [4.78, 5) is 2.42. The van der Waals surface area contributed by atoms with E-state index in [1.54, 1.807) is 0 Å². The summed E-state index contributed by atoms with van der Waals surface area (Å²) in [6.45, 7) is 3.11. The summed E-state index contributed by atoms with van der Waals surface area (Å²) >= 11 is 12.1. The van der Waals surface area contributed by atoms with Gasteiger partial charge in [-0.3, -0.25) is 0 Å². The molecule has 1 aliphatic heterocycles. The van der Waals surface area contributed by atoms with E-state index < -0.39 is 4.33 Å². The number of hydrogen-bond donors (Lipinski definition) is 1. The third-order valence-electron chi connectivity index (χ3n) is 3.65. The van der Waals surface area contributed by atoms with Gasteiger partial charge in [0.05, 0.1) is 11.4 Å². The van der Waals surface area contributed by atoms with Crippen molar-refractivity contribution in [2.75, 3.05) is 29.9 Å². The van der Waals surface area contributed by atoms with Crippen LogP contribution in [0.3, 0.4) is 0 Å². The zero-order chi connectivity index (χ0) is 11.9. The molecule has 1 unspecified atom stereocenters. The van der Waals surface area contributed by atoms with Crippen LogP contribution in [0.25, 0.3) is 0 Å². The average Bonchev–Trinajstić information content (AvgIpc) is 2.94. The molecule has 0 radical (unpaired) electrons. The van der Waals surface area contributed by atoms with Gasteiger partial charge in [0.25, 0.3) is 0 Å². The number of alkyl halides is 2. The molecular weight excluding hydrogens is 255 g/mol. The van der Waals surface area contributed by atoms with E-state index in [0.717, 1.165) is 32.5 Å². The maximum Gasteiger partial charge on any atom is 0.121 e. The van der Waals surface area contributed by atoms with Gasteiger partial charge in [-0.25, -0.2) is 0 Å². The van der Waals surface area contributed by atoms with E-state index in [-0.39, 0.29) is 0 Å². The number of nitrogens with zero attached hydrogens (tertiary/aromatic N) is 1. The lowest BCUT2D eigenvalue weighted by molar-refractivity contribution is 0.670. The largest absolute Gasteiger partial charge is 0.382 e. The number of para-hydroxylation sites is 2. The molecule has 1 heterocycles. The van der Waals surface area contributed by atoms with Gasteiger partial charge in [-0.05, 0) is 30.9 Å². The van der Waals surface area contributed by atoms with E-state index >= 15 is 0 Å². The molecule has 92 valence electrons. The lowest BCUT2D eigenvalue weighted by Gasteiger charge is -2.32. The molecule has 2 nitrogen and oxygen atoms in total. The molecule has 1 atom stereocenters. The first-order valence-corrected chi connectivity index (χ1v) is 6.88. The van der Waals surface area contributed by atoms with E-state index in [0.29, 0.717) is 5.92 Å². The standard InChI is InChI=1S/C13H16Cl2N2/c14-13(15)9-10(13)5-7-17-8-6-16-11-3-1-2-4-12(11)17/h1-4,10,16H,5-9H2. The zero-order valence-corrected chi connectivity index (χ0v) is 11.1. The molecule has 0 aromatic heterocycles. The lowest BCUT2D eigenvalue weighted by Crippen LogP contribution is -2.34. The van der Waals surface area contributed by atoms with Gasteiger partial charge >= 0.3 is 0 Å². The highest BCUT2D eigenvalue weighted by molar-refractivity contribution is 6.50. The van der Waals surface area contributed by atoms with E-state index in [1.807, 2.05) is 0 Å². The Kier molecular flexibility index (Phi) is 2.87. The molecule has 1 aliphatic carbocycles. The molecule has 4 heteroatoms. The maximum absolute atomic E-state index is 6.06. The van der Waals surface area contributed by atoms with Crippen LogP contribution in [0.2, 0.25) is 0 Å². The number of anilines is 2. The molecule has 0 bridgehead atoms. The molecule has 1 aromatic rings. The smallest absolute Gasteiger partial charge is 0.121 e. The Hall–Kier alpha value is -0.600. The normalized spacial score (nSPS) is 25.1. The summed E-state index contributed by atoms with van der Waals surface area (Å²) in [5, 5.41) is 3.42. The van der Waals surface area contributed by atoms with Gasteiger partial charge in [0.2, 0.25) is 0 Å². The quantitative estimate of drug-likeness (QED) is 0.846. The van der Waals surface area contributed by atoms with Gasteiger partial charge in [0.15, 0.2) is 0 Å². The molecular formula is C13H16Cl2N2. The first-order chi connectivity index (χ1) is 8.17. The van der Waals surface area contributed by atoms with Crippen molar-refractivity contribution in [3.05, 3.63) is 24.3 Å². The molecule has 0 spiro atoms. The first kappa shape index (κ1) is 11.5. The summed E-state index contributed by atoms with van der Waals surface area (Å²) in [5.41, 5.74) is 2.53. The highest BCUT2D eigenvalue weighted by Crippen LogP contribution is 2.55. The van der Waals surface area contributed by atoms with E-state index in [4.69, 9.17) is 23.2 Å². The third kappa shape index (κ3) is 2.34. The topological polar surface area (TPSA) is 15.3 Å². The van der Waals surface area contributed by atoms with Crippen molar-refractivity contribution in [1.82, 2.24) is 0 Å². The Morgan fingerprint density at radius 3 is 2.88 bits per heavy atom. The fraction of sp³-hybridized carbons (Fsp3) is 0.538. The van der Waals surface area contributed by atoms with Crippen LogP contribution in [-0.2, 0) is 0 Å². The van der Waals surface area contributed by atoms with Crippen molar-refractivity contribution in [2.45, 2.75) is 17.2 Å². The zero-order valence-electron chi connectivity index (χ0n) is 9.63. The molecule has 3 rings (SSSR count). The lowest BCUT2D eigenvalue weighted by atomic mass is 10.1. The Balaban J connectivity index is 1.65. The van der Waals surface area contributed by atoms with Crippen LogP contribution in [0.15, 0.2) is 24.3 Å². The second-order valence-corrected chi connectivity index (χ2v) is 6.42. The number of benzene rings is 1. The van der Waals surface area contributed by atoms with Crippen LogP contribution in [-0.4, -0.2) is 24.0 Å². The minimum Gasteiger partial charge on any atom is -0.382 e. The van der Waals surface area contributed by atoms with Crippen LogP contribution in [0.4, 0.5) is 11.4 Å². The minimum atomic E-state index is -0.437. The van der Waals surface area contributed by atoms with Crippen molar-refractivity contribution in [2.24, 2.45) is 5.92 Å². The van der Waals surface area contributed by atoms with Crippen LogP contribution in [0, 0.1) is 5.92 Å². The third-order valence-corrected chi connectivity index (χ3v) is 4.57. The van der Waals surface area contributed by atoms with Gasteiger partial charge in [-0.1, -0.05) is 12.1 Å². The van der Waals surface area contributed by atoms with Crippen LogP contribution < -0.4 is 10.2 Å². The summed E-state index contributed by atoms with van der Waals surface area (Å²) in [6.07, 6.45) is 2.03. The highest BCUT2D eigenvalue weighted by Gasteiger charge is 2.50. The van der Waals surface area contributed by atoms with Crippen molar-refractivity contribution in [1.29, 1.82) is 0 Å². The van der Waals surface area contributed by atoms with Gasteiger partial charge in [0.1, 0.15) is 4.33 Å². The molecule has 1 saturated carbocycles. The molecule has 17 heavy (non-hydrogen) atoms. The highest BCUT2D eigenvalue weighted by atomic mass is 35.5. The number of halogens is 2. The molecule has 0 saturated heterocycles. The van der Waals surface area contributed by atoms with Crippen molar-refractivity contribution < 1.29 is 0 Å². The van der Waals surface area contributed by atoms with E-state index in [2.05, 4.69) is 34.5 Å². The molecule has 1 fully saturated rings. The number of nitrogens with one attached hydrogen (secondary N) is 1. The van der Waals surface area contributed by atoms with Crippen molar-refractivity contribution in [3.63, 3.8) is 0 Å². The average molecular weight is 271 g/mol. The Labute approximate surface area is 112 Å². The summed E-state index contributed by atoms with van der Waals surface area (Å²) in [5.74, 6) is 0.480. The van der Waals surface area contributed by atoms with Gasteiger partial charge in [-0.15, -0.1) is 23.2 Å².